The lowest BCUT2D eigenvalue weighted by molar-refractivity contribution is -0.140. The summed E-state index contributed by atoms with van der Waals surface area (Å²) in [7, 11) is 4.21. The Balaban J connectivity index is 2.20. The van der Waals surface area contributed by atoms with Crippen LogP contribution in [0.2, 0.25) is 0 Å². The highest BCUT2D eigenvalue weighted by molar-refractivity contribution is 8.02. The molecule has 2 aromatic rings. The molecule has 2 atom stereocenters. The summed E-state index contributed by atoms with van der Waals surface area (Å²) in [5.74, 6) is 0.369. The molecule has 5 nitrogen and oxygen atoms in total. The first-order valence-corrected chi connectivity index (χ1v) is 10.5. The van der Waals surface area contributed by atoms with Gasteiger partial charge in [-0.1, -0.05) is 24.4 Å². The van der Waals surface area contributed by atoms with Gasteiger partial charge in [0, 0.05) is 11.3 Å². The quantitative estimate of drug-likeness (QED) is 0.473. The third-order valence-corrected chi connectivity index (χ3v) is 6.85. The molecule has 0 saturated carbocycles. The van der Waals surface area contributed by atoms with Gasteiger partial charge in [0.1, 0.15) is 0 Å². The van der Waals surface area contributed by atoms with Crippen molar-refractivity contribution in [1.82, 2.24) is 0 Å². The van der Waals surface area contributed by atoms with Gasteiger partial charge in [-0.3, -0.25) is 4.79 Å². The van der Waals surface area contributed by atoms with Crippen LogP contribution in [0.15, 0.2) is 36.4 Å². The van der Waals surface area contributed by atoms with Gasteiger partial charge in [-0.15, -0.1) is 11.8 Å². The van der Waals surface area contributed by atoms with Gasteiger partial charge in [0.2, 0.25) is 0 Å². The summed E-state index contributed by atoms with van der Waals surface area (Å²) in [6.07, 6.45) is -4.54. The average Bonchev–Trinajstić information content (AvgIpc) is 2.88. The first kappa shape index (κ1) is 23.2. The third-order valence-electron chi connectivity index (χ3n) is 4.81. The Labute approximate surface area is 187 Å². The summed E-state index contributed by atoms with van der Waals surface area (Å²) in [5.41, 5.74) is 0.639. The number of thiocarbonyl (C=S) groups is 1. The summed E-state index contributed by atoms with van der Waals surface area (Å²) in [6, 6.07) is 8.64. The standard InChI is InChI=1S/C21H20F3NO4S2/c1-27-15-6-4-5-12(18(15)29-3)19-13-9-11(21(22,23)24)7-8-14(13)25-20(30)16(31-19)10-17(26)28-2/h4-9,16,19H,10H2,1-3H3,(H,25,30)/t16-,19-/m1/s1. The minimum Gasteiger partial charge on any atom is -0.493 e. The fourth-order valence-corrected chi connectivity index (χ4v) is 5.09. The average molecular weight is 472 g/mol. The lowest BCUT2D eigenvalue weighted by atomic mass is 9.98. The topological polar surface area (TPSA) is 56.8 Å². The van der Waals surface area contributed by atoms with Crippen molar-refractivity contribution in [2.75, 3.05) is 26.6 Å². The molecule has 0 saturated heterocycles. The SMILES string of the molecule is COC(=O)C[C@H]1S[C@H](c2cccc(OC)c2OC)c2cc(C(F)(F)F)ccc2NC1=S. The Morgan fingerprint density at radius 1 is 1.13 bits per heavy atom. The molecule has 1 aliphatic rings. The molecule has 31 heavy (non-hydrogen) atoms. The summed E-state index contributed by atoms with van der Waals surface area (Å²) >= 11 is 6.72. The van der Waals surface area contributed by atoms with Gasteiger partial charge in [0.25, 0.3) is 0 Å². The highest BCUT2D eigenvalue weighted by Crippen LogP contribution is 2.50. The Bertz CT molecular complexity index is 997. The second-order valence-electron chi connectivity index (χ2n) is 6.66. The zero-order valence-electron chi connectivity index (χ0n) is 16.9. The molecular weight excluding hydrogens is 451 g/mol. The molecule has 1 aliphatic heterocycles. The molecule has 3 rings (SSSR count). The van der Waals surface area contributed by atoms with E-state index in [9.17, 15) is 18.0 Å². The summed E-state index contributed by atoms with van der Waals surface area (Å²) in [4.78, 5) is 12.3. The molecule has 0 unspecified atom stereocenters. The van der Waals surface area contributed by atoms with Crippen LogP contribution < -0.4 is 14.8 Å². The maximum absolute atomic E-state index is 13.5. The maximum atomic E-state index is 13.5. The lowest BCUT2D eigenvalue weighted by Crippen LogP contribution is -2.25. The van der Waals surface area contributed by atoms with Gasteiger partial charge in [0.15, 0.2) is 11.5 Å². The fraction of sp³-hybridized carbons (Fsp3) is 0.333. The molecular formula is C21H20F3NO4S2. The number of carbonyl (C=O) groups excluding carboxylic acids is 1. The third kappa shape index (κ3) is 4.90. The van der Waals surface area contributed by atoms with Crippen LogP contribution in [-0.2, 0) is 15.7 Å². The van der Waals surface area contributed by atoms with Crippen molar-refractivity contribution in [3.8, 4) is 11.5 Å². The van der Waals surface area contributed by atoms with Gasteiger partial charge in [0.05, 0.1) is 48.8 Å². The minimum absolute atomic E-state index is 0.0318. The Kier molecular flexibility index (Phi) is 7.00. The Morgan fingerprint density at radius 3 is 2.48 bits per heavy atom. The molecule has 0 bridgehead atoms. The van der Waals surface area contributed by atoms with E-state index in [0.717, 1.165) is 12.1 Å². The summed E-state index contributed by atoms with van der Waals surface area (Å²) in [6.45, 7) is 0. The number of halogens is 3. The number of rotatable bonds is 5. The second-order valence-corrected chi connectivity index (χ2v) is 8.41. The number of alkyl halides is 3. The Hall–Kier alpha value is -2.46. The molecule has 0 aliphatic carbocycles. The predicted octanol–water partition coefficient (Wildman–Crippen LogP) is 5.23. The van der Waals surface area contributed by atoms with Crippen LogP contribution in [-0.4, -0.2) is 37.5 Å². The number of carbonyl (C=O) groups is 1. The zero-order valence-corrected chi connectivity index (χ0v) is 18.5. The number of methoxy groups -OCH3 is 3. The van der Waals surface area contributed by atoms with E-state index in [-0.39, 0.29) is 6.42 Å². The van der Waals surface area contributed by atoms with E-state index in [1.54, 1.807) is 18.2 Å². The van der Waals surface area contributed by atoms with Gasteiger partial charge in [-0.2, -0.15) is 13.2 Å². The molecule has 2 aromatic carbocycles. The number of thioether (sulfide) groups is 1. The van der Waals surface area contributed by atoms with E-state index in [1.807, 2.05) is 0 Å². The molecule has 1 heterocycles. The Morgan fingerprint density at radius 2 is 1.87 bits per heavy atom. The van der Waals surface area contributed by atoms with Crippen LogP contribution in [0.25, 0.3) is 0 Å². The van der Waals surface area contributed by atoms with Crippen molar-refractivity contribution in [3.05, 3.63) is 53.1 Å². The molecule has 0 radical (unpaired) electrons. The predicted molar refractivity (Wildman–Crippen MR) is 117 cm³/mol. The van der Waals surface area contributed by atoms with Crippen LogP contribution in [0.1, 0.15) is 28.4 Å². The number of fused-ring (bicyclic) bond motifs is 1. The second kappa shape index (κ2) is 9.35. The van der Waals surface area contributed by atoms with Crippen LogP contribution in [0.5, 0.6) is 11.5 Å². The number of para-hydroxylation sites is 1. The number of hydrogen-bond donors (Lipinski definition) is 1. The van der Waals surface area contributed by atoms with E-state index >= 15 is 0 Å². The van der Waals surface area contributed by atoms with E-state index in [1.165, 1.54) is 39.2 Å². The smallest absolute Gasteiger partial charge is 0.416 e. The van der Waals surface area contributed by atoms with Gasteiger partial charge in [-0.25, -0.2) is 0 Å². The van der Waals surface area contributed by atoms with Crippen molar-refractivity contribution < 1.29 is 32.2 Å². The molecule has 0 fully saturated rings. The van der Waals surface area contributed by atoms with Crippen molar-refractivity contribution in [2.45, 2.75) is 23.1 Å². The van der Waals surface area contributed by atoms with Crippen molar-refractivity contribution in [2.24, 2.45) is 0 Å². The largest absolute Gasteiger partial charge is 0.493 e. The molecule has 0 amide bonds. The van der Waals surface area contributed by atoms with Gasteiger partial charge < -0.3 is 19.5 Å². The van der Waals surface area contributed by atoms with Crippen LogP contribution in [0, 0.1) is 0 Å². The summed E-state index contributed by atoms with van der Waals surface area (Å²) in [5, 5.41) is 1.87. The molecule has 10 heteroatoms. The number of anilines is 1. The first-order valence-electron chi connectivity index (χ1n) is 9.14. The number of benzene rings is 2. The van der Waals surface area contributed by atoms with Crippen LogP contribution in [0.3, 0.4) is 0 Å². The first-order chi connectivity index (χ1) is 14.7. The van der Waals surface area contributed by atoms with Gasteiger partial charge in [-0.05, 0) is 29.8 Å². The zero-order chi connectivity index (χ0) is 22.8. The fourth-order valence-electron chi connectivity index (χ4n) is 3.32. The van der Waals surface area contributed by atoms with Gasteiger partial charge >= 0.3 is 12.1 Å². The lowest BCUT2D eigenvalue weighted by Gasteiger charge is -2.24. The minimum atomic E-state index is -4.51. The normalized spacial score (nSPS) is 18.5. The van der Waals surface area contributed by atoms with Crippen molar-refractivity contribution in [3.63, 3.8) is 0 Å². The number of ether oxygens (including phenoxy) is 3. The van der Waals surface area contributed by atoms with Crippen molar-refractivity contribution in [1.29, 1.82) is 0 Å². The molecule has 0 spiro atoms. The van der Waals surface area contributed by atoms with Crippen LogP contribution in [0.4, 0.5) is 18.9 Å². The van der Waals surface area contributed by atoms with E-state index in [2.05, 4.69) is 5.32 Å². The van der Waals surface area contributed by atoms with E-state index in [0.29, 0.717) is 33.3 Å². The molecule has 0 aromatic heterocycles. The highest BCUT2D eigenvalue weighted by atomic mass is 32.2. The highest BCUT2D eigenvalue weighted by Gasteiger charge is 2.36. The monoisotopic (exact) mass is 471 g/mol. The maximum Gasteiger partial charge on any atom is 0.416 e. The van der Waals surface area contributed by atoms with E-state index < -0.39 is 28.2 Å². The summed E-state index contributed by atoms with van der Waals surface area (Å²) < 4.78 is 56.1. The number of nitrogens with one attached hydrogen (secondary N) is 1. The van der Waals surface area contributed by atoms with E-state index in [4.69, 9.17) is 26.4 Å². The molecule has 1 N–H and O–H groups in total. The number of hydrogen-bond acceptors (Lipinski definition) is 6. The molecule has 166 valence electrons. The van der Waals surface area contributed by atoms with Crippen LogP contribution >= 0.6 is 24.0 Å². The number of esters is 1. The van der Waals surface area contributed by atoms with Crippen molar-refractivity contribution >= 4 is 40.6 Å².